The Bertz CT molecular complexity index is 1320. The fourth-order valence-electron chi connectivity index (χ4n) is 6.63. The van der Waals surface area contributed by atoms with E-state index in [-0.39, 0.29) is 40.3 Å². The van der Waals surface area contributed by atoms with Gasteiger partial charge in [0.1, 0.15) is 11.8 Å². The maximum absolute atomic E-state index is 14.4. The molecule has 2 aromatic rings. The minimum atomic E-state index is -0.888. The largest absolute Gasteiger partial charge is 0.494 e. The van der Waals surface area contributed by atoms with Crippen molar-refractivity contribution in [3.05, 3.63) is 53.6 Å². The minimum absolute atomic E-state index is 0.0621. The lowest BCUT2D eigenvalue weighted by Crippen LogP contribution is -2.56. The number of nitrogens with one attached hydrogen (secondary N) is 2. The number of benzene rings is 2. The second-order valence-electron chi connectivity index (χ2n) is 11.0. The Balaban J connectivity index is 1.51. The van der Waals surface area contributed by atoms with Crippen molar-refractivity contribution in [1.82, 2.24) is 4.90 Å². The quantitative estimate of drug-likeness (QED) is 0.302. The molecule has 8 atom stereocenters. The van der Waals surface area contributed by atoms with Crippen LogP contribution >= 0.6 is 39.3 Å². The molecule has 3 heterocycles. The summed E-state index contributed by atoms with van der Waals surface area (Å²) < 4.78 is 4.66. The zero-order valence-electron chi connectivity index (χ0n) is 23.2. The highest BCUT2D eigenvalue weighted by atomic mass is 79.9. The van der Waals surface area contributed by atoms with Crippen LogP contribution in [0.1, 0.15) is 33.6 Å². The highest BCUT2D eigenvalue weighted by molar-refractivity contribution is 9.09. The summed E-state index contributed by atoms with van der Waals surface area (Å²) in [4.78, 5) is 43.9. The van der Waals surface area contributed by atoms with Crippen molar-refractivity contribution in [2.24, 2.45) is 17.8 Å². The number of likely N-dealkylation sites (tertiary alicyclic amines) is 1. The number of anilines is 2. The molecule has 220 valence electrons. The van der Waals surface area contributed by atoms with Gasteiger partial charge in [0.2, 0.25) is 17.7 Å². The second-order valence-corrected chi connectivity index (χ2v) is 14.1. The summed E-state index contributed by atoms with van der Waals surface area (Å²) in [5.74, 6) is -1.61. The van der Waals surface area contributed by atoms with Gasteiger partial charge in [-0.05, 0) is 55.7 Å². The average molecular weight is 665 g/mol. The third-order valence-electron chi connectivity index (χ3n) is 8.69. The number of alkyl halides is 1. The number of hydrogen-bond acceptors (Lipinski definition) is 6. The first-order valence-electron chi connectivity index (χ1n) is 14.0. The lowest BCUT2D eigenvalue weighted by molar-refractivity contribution is -0.142. The molecule has 0 aliphatic carbocycles. The first-order chi connectivity index (χ1) is 19.7. The van der Waals surface area contributed by atoms with Gasteiger partial charge in [-0.2, -0.15) is 0 Å². The molecule has 8 nitrogen and oxygen atoms in total. The van der Waals surface area contributed by atoms with Crippen LogP contribution < -0.4 is 15.4 Å². The van der Waals surface area contributed by atoms with Gasteiger partial charge in [-0.15, -0.1) is 11.8 Å². The van der Waals surface area contributed by atoms with Crippen LogP contribution in [0.25, 0.3) is 0 Å². The molecule has 41 heavy (non-hydrogen) atoms. The highest BCUT2D eigenvalue weighted by Gasteiger charge is 2.76. The van der Waals surface area contributed by atoms with E-state index in [1.807, 2.05) is 20.8 Å². The molecule has 1 spiro atoms. The van der Waals surface area contributed by atoms with Gasteiger partial charge < -0.3 is 25.4 Å². The topological polar surface area (TPSA) is 108 Å². The Labute approximate surface area is 258 Å². The van der Waals surface area contributed by atoms with E-state index < -0.39 is 28.7 Å². The Morgan fingerprint density at radius 1 is 1.17 bits per heavy atom. The van der Waals surface area contributed by atoms with E-state index in [9.17, 15) is 19.5 Å². The number of carbonyl (C=O) groups is 3. The van der Waals surface area contributed by atoms with Crippen molar-refractivity contribution >= 4 is 68.4 Å². The molecule has 3 fully saturated rings. The van der Waals surface area contributed by atoms with Crippen molar-refractivity contribution < 1.29 is 24.2 Å². The van der Waals surface area contributed by atoms with Crippen LogP contribution in [0.3, 0.4) is 0 Å². The normalized spacial score (nSPS) is 29.7. The molecule has 3 amide bonds. The smallest absolute Gasteiger partial charge is 0.248 e. The summed E-state index contributed by atoms with van der Waals surface area (Å²) in [6.45, 7) is 6.12. The standard InChI is InChI=1S/C30H35BrClN3O5S/c1-4-16(3)22(15-36)35-26(28(38)34-21-9-7-6-8-20(21)32)30-14-19(31)25(41-30)23(24(30)29(35)39)27(37)33-17-10-12-18(13-11-17)40-5-2/h6-13,16,19,22-26,36H,4-5,14-15H2,1-3H3,(H,33,37)(H,34,38)/t16-,19?,22-,23+,24-,25+,26?,30?/m0/s1. The highest BCUT2D eigenvalue weighted by Crippen LogP contribution is 2.68. The minimum Gasteiger partial charge on any atom is -0.494 e. The summed E-state index contributed by atoms with van der Waals surface area (Å²) in [5.41, 5.74) is 1.06. The Kier molecular flexibility index (Phi) is 8.95. The van der Waals surface area contributed by atoms with Crippen LogP contribution in [-0.2, 0) is 14.4 Å². The number of halogens is 2. The predicted molar refractivity (Wildman–Crippen MR) is 166 cm³/mol. The Hall–Kier alpha value is -2.27. The zero-order valence-corrected chi connectivity index (χ0v) is 26.3. The monoisotopic (exact) mass is 663 g/mol. The van der Waals surface area contributed by atoms with E-state index in [0.29, 0.717) is 41.6 Å². The van der Waals surface area contributed by atoms with E-state index in [1.165, 1.54) is 0 Å². The molecular formula is C30H35BrClN3O5S. The number of nitrogens with zero attached hydrogens (tertiary/aromatic N) is 1. The molecule has 2 bridgehead atoms. The lowest BCUT2D eigenvalue weighted by Gasteiger charge is -2.39. The summed E-state index contributed by atoms with van der Waals surface area (Å²) in [6.07, 6.45) is 1.26. The molecule has 3 saturated heterocycles. The molecule has 0 aromatic heterocycles. The zero-order chi connectivity index (χ0) is 29.5. The van der Waals surface area contributed by atoms with Gasteiger partial charge in [-0.1, -0.05) is 59.9 Å². The van der Waals surface area contributed by atoms with Gasteiger partial charge in [0.25, 0.3) is 0 Å². The van der Waals surface area contributed by atoms with Crippen LogP contribution in [0, 0.1) is 17.8 Å². The van der Waals surface area contributed by atoms with Crippen molar-refractivity contribution in [3.8, 4) is 5.75 Å². The lowest BCUT2D eigenvalue weighted by atomic mass is 9.70. The van der Waals surface area contributed by atoms with Gasteiger partial charge in [0.05, 0.1) is 46.5 Å². The molecule has 11 heteroatoms. The van der Waals surface area contributed by atoms with E-state index in [1.54, 1.807) is 65.2 Å². The van der Waals surface area contributed by atoms with Crippen LogP contribution in [0.5, 0.6) is 5.75 Å². The van der Waals surface area contributed by atoms with Crippen molar-refractivity contribution in [1.29, 1.82) is 0 Å². The summed E-state index contributed by atoms with van der Waals surface area (Å²) in [5, 5.41) is 16.7. The van der Waals surface area contributed by atoms with Gasteiger partial charge in [0, 0.05) is 15.8 Å². The molecule has 0 radical (unpaired) electrons. The third kappa shape index (κ3) is 5.26. The number of rotatable bonds is 10. The molecule has 3 unspecified atom stereocenters. The number of thioether (sulfide) groups is 1. The molecule has 2 aromatic carbocycles. The molecule has 3 aliphatic heterocycles. The maximum Gasteiger partial charge on any atom is 0.248 e. The number of para-hydroxylation sites is 1. The second kappa shape index (κ2) is 12.1. The van der Waals surface area contributed by atoms with Gasteiger partial charge in [0.15, 0.2) is 0 Å². The van der Waals surface area contributed by atoms with Crippen LogP contribution in [0.2, 0.25) is 5.02 Å². The van der Waals surface area contributed by atoms with E-state index in [2.05, 4.69) is 26.6 Å². The van der Waals surface area contributed by atoms with Crippen molar-refractivity contribution in [3.63, 3.8) is 0 Å². The van der Waals surface area contributed by atoms with Crippen LogP contribution in [0.15, 0.2) is 48.5 Å². The average Bonchev–Trinajstić information content (AvgIpc) is 3.55. The SMILES string of the molecule is CCOc1ccc(NC(=O)[C@H]2[C@@H]3SC4(CC3Br)C(C(=O)Nc3ccccc3Cl)N([C@@H](CO)[C@@H](C)CC)C(=O)[C@H]24)cc1. The number of carbonyl (C=O) groups excluding carboxylic acids is 3. The third-order valence-corrected chi connectivity index (χ3v) is 12.2. The molecule has 3 N–H and O–H groups in total. The summed E-state index contributed by atoms with van der Waals surface area (Å²) in [7, 11) is 0. The van der Waals surface area contributed by atoms with E-state index >= 15 is 0 Å². The number of fused-ring (bicyclic) bond motifs is 1. The number of amides is 3. The van der Waals surface area contributed by atoms with Crippen molar-refractivity contribution in [2.75, 3.05) is 23.8 Å². The summed E-state index contributed by atoms with van der Waals surface area (Å²) >= 11 is 11.7. The number of ether oxygens (including phenoxy) is 1. The number of hydrogen-bond donors (Lipinski definition) is 3. The molecular weight excluding hydrogens is 630 g/mol. The van der Waals surface area contributed by atoms with Gasteiger partial charge >= 0.3 is 0 Å². The molecule has 0 saturated carbocycles. The Morgan fingerprint density at radius 2 is 1.88 bits per heavy atom. The van der Waals surface area contributed by atoms with Crippen LogP contribution in [0.4, 0.5) is 11.4 Å². The van der Waals surface area contributed by atoms with Crippen molar-refractivity contribution in [2.45, 2.75) is 60.5 Å². The van der Waals surface area contributed by atoms with Gasteiger partial charge in [-0.25, -0.2) is 0 Å². The first kappa shape index (κ1) is 30.2. The van der Waals surface area contributed by atoms with E-state index in [4.69, 9.17) is 16.3 Å². The number of aliphatic hydroxyl groups is 1. The summed E-state index contributed by atoms with van der Waals surface area (Å²) in [6, 6.07) is 12.6. The maximum atomic E-state index is 14.4. The van der Waals surface area contributed by atoms with Gasteiger partial charge in [-0.3, -0.25) is 14.4 Å². The fraction of sp³-hybridized carbons (Fsp3) is 0.500. The predicted octanol–water partition coefficient (Wildman–Crippen LogP) is 5.19. The van der Waals surface area contributed by atoms with Crippen LogP contribution in [-0.4, -0.2) is 67.8 Å². The fourth-order valence-corrected chi connectivity index (χ4v) is 10.4. The number of aliphatic hydroxyl groups excluding tert-OH is 1. The first-order valence-corrected chi connectivity index (χ1v) is 16.2. The van der Waals surface area contributed by atoms with E-state index in [0.717, 1.165) is 0 Å². The Morgan fingerprint density at radius 3 is 2.51 bits per heavy atom. The molecule has 5 rings (SSSR count). The molecule has 3 aliphatic rings.